The maximum absolute atomic E-state index is 14.0. The number of ether oxygens (including phenoxy) is 3. The van der Waals surface area contributed by atoms with Gasteiger partial charge in [0.25, 0.3) is 5.91 Å². The molecular formula is C38H42N4O10. The number of aromatic nitrogens is 1. The molecule has 1 aromatic heterocycles. The Bertz CT molecular complexity index is 1850. The number of nitrogens with zero attached hydrogens (tertiary/aromatic N) is 1. The van der Waals surface area contributed by atoms with Gasteiger partial charge in [0.15, 0.2) is 11.5 Å². The average Bonchev–Trinajstić information content (AvgIpc) is 3.97. The van der Waals surface area contributed by atoms with Crippen LogP contribution in [0.4, 0.5) is 4.79 Å². The lowest BCUT2D eigenvalue weighted by atomic mass is 9.89. The molecule has 0 aliphatic heterocycles. The molecule has 0 saturated heterocycles. The zero-order valence-electron chi connectivity index (χ0n) is 29.2. The third kappa shape index (κ3) is 10.4. The van der Waals surface area contributed by atoms with E-state index >= 15 is 0 Å². The first-order valence-electron chi connectivity index (χ1n) is 16.7. The van der Waals surface area contributed by atoms with Crippen LogP contribution in [0.3, 0.4) is 0 Å². The van der Waals surface area contributed by atoms with Crippen LogP contribution in [0.25, 0.3) is 17.2 Å². The molecule has 1 unspecified atom stereocenters. The predicted octanol–water partition coefficient (Wildman–Crippen LogP) is 4.19. The number of aliphatic hydroxyl groups is 2. The summed E-state index contributed by atoms with van der Waals surface area (Å²) in [6.07, 6.45) is 1.18. The van der Waals surface area contributed by atoms with Gasteiger partial charge in [-0.05, 0) is 65.3 Å². The molecule has 4 rings (SSSR count). The summed E-state index contributed by atoms with van der Waals surface area (Å²) >= 11 is 0. The van der Waals surface area contributed by atoms with E-state index in [0.29, 0.717) is 34.7 Å². The number of aliphatic hydroxyl groups excluding tert-OH is 2. The van der Waals surface area contributed by atoms with Crippen molar-refractivity contribution in [1.29, 1.82) is 5.41 Å². The molecule has 1 saturated carbocycles. The molecule has 0 bridgehead atoms. The topological polar surface area (TPSA) is 214 Å². The zero-order chi connectivity index (χ0) is 37.9. The molecule has 1 aliphatic carbocycles. The first-order valence-corrected chi connectivity index (χ1v) is 16.7. The molecule has 0 spiro atoms. The second-order valence-electron chi connectivity index (χ2n) is 12.4. The van der Waals surface area contributed by atoms with E-state index < -0.39 is 42.8 Å². The van der Waals surface area contributed by atoms with Gasteiger partial charge in [-0.15, -0.1) is 0 Å². The largest absolute Gasteiger partial charge is 0.447 e. The van der Waals surface area contributed by atoms with E-state index in [2.05, 4.69) is 22.2 Å². The van der Waals surface area contributed by atoms with Crippen molar-refractivity contribution in [2.45, 2.75) is 52.9 Å². The molecule has 1 heterocycles. The maximum Gasteiger partial charge on any atom is 0.412 e. The van der Waals surface area contributed by atoms with Crippen molar-refractivity contribution in [3.63, 3.8) is 0 Å². The van der Waals surface area contributed by atoms with Crippen LogP contribution in [0, 0.1) is 17.2 Å². The first kappa shape index (κ1) is 39.1. The number of carbonyl (C=O) groups excluding carboxylic acids is 5. The molecule has 1 fully saturated rings. The Kier molecular flexibility index (Phi) is 13.5. The maximum atomic E-state index is 14.0. The van der Waals surface area contributed by atoms with Gasteiger partial charge in [-0.1, -0.05) is 50.8 Å². The van der Waals surface area contributed by atoms with Crippen molar-refractivity contribution in [3.05, 3.63) is 94.3 Å². The van der Waals surface area contributed by atoms with Gasteiger partial charge in [0.1, 0.15) is 18.1 Å². The lowest BCUT2D eigenvalue weighted by molar-refractivity contribution is -0.169. The third-order valence-corrected chi connectivity index (χ3v) is 8.01. The van der Waals surface area contributed by atoms with Crippen LogP contribution in [0.15, 0.2) is 55.1 Å². The highest BCUT2D eigenvalue weighted by Gasteiger charge is 2.27. The Morgan fingerprint density at radius 2 is 1.71 bits per heavy atom. The standard InChI is InChI=1S/C38H42N4O10/c1-5-25-17-30(32(45)16-23-8-10-26(11-9-23)34(39)42-38(49)50-15-14-43)29(18-27(25)20-44)28-12-13-31(35(46)40-19-24-6-7-24)41-33(28)37(48)52-22(4)51-36(47)21(2)3/h5,8-13,17-18,21-22,24,43-44H,1,6-7,14-16,19-20H2,2-4H3,(H,40,46)(H2,39,42,49). The van der Waals surface area contributed by atoms with Crippen LogP contribution in [-0.2, 0) is 32.0 Å². The van der Waals surface area contributed by atoms with Gasteiger partial charge in [-0.25, -0.2) is 14.6 Å². The number of rotatable bonds is 16. The lowest BCUT2D eigenvalue weighted by Gasteiger charge is -2.19. The number of amides is 2. The summed E-state index contributed by atoms with van der Waals surface area (Å²) in [5.41, 5.74) is 1.89. The molecule has 274 valence electrons. The van der Waals surface area contributed by atoms with Gasteiger partial charge in [0.2, 0.25) is 6.29 Å². The quantitative estimate of drug-likeness (QED) is 0.0466. The van der Waals surface area contributed by atoms with Crippen molar-refractivity contribution in [3.8, 4) is 11.1 Å². The fourth-order valence-corrected chi connectivity index (χ4v) is 5.00. The van der Waals surface area contributed by atoms with Gasteiger partial charge < -0.3 is 29.7 Å². The van der Waals surface area contributed by atoms with Crippen molar-refractivity contribution in [2.75, 3.05) is 19.8 Å². The van der Waals surface area contributed by atoms with E-state index in [9.17, 15) is 29.1 Å². The summed E-state index contributed by atoms with van der Waals surface area (Å²) in [6, 6.07) is 12.3. The number of carbonyl (C=O) groups is 5. The Morgan fingerprint density at radius 1 is 1.00 bits per heavy atom. The van der Waals surface area contributed by atoms with Crippen LogP contribution in [0.1, 0.15) is 87.2 Å². The van der Waals surface area contributed by atoms with Crippen molar-refractivity contribution < 1.29 is 48.4 Å². The molecular weight excluding hydrogens is 672 g/mol. The number of ketones is 1. The van der Waals surface area contributed by atoms with E-state index in [1.807, 2.05) is 0 Å². The summed E-state index contributed by atoms with van der Waals surface area (Å²) in [7, 11) is 0. The number of alkyl carbamates (subject to hydrolysis) is 1. The number of hydrogen-bond donors (Lipinski definition) is 5. The first-order chi connectivity index (χ1) is 24.8. The van der Waals surface area contributed by atoms with Crippen molar-refractivity contribution in [1.82, 2.24) is 15.6 Å². The highest BCUT2D eigenvalue weighted by molar-refractivity contribution is 6.08. The fourth-order valence-electron chi connectivity index (χ4n) is 5.00. The van der Waals surface area contributed by atoms with E-state index in [1.54, 1.807) is 50.2 Å². The number of nitrogens with one attached hydrogen (secondary N) is 3. The Morgan fingerprint density at radius 3 is 2.33 bits per heavy atom. The Hall–Kier alpha value is -5.73. The van der Waals surface area contributed by atoms with Crippen LogP contribution in [-0.4, -0.2) is 76.8 Å². The molecule has 2 amide bonds. The van der Waals surface area contributed by atoms with Crippen molar-refractivity contribution >= 4 is 41.6 Å². The summed E-state index contributed by atoms with van der Waals surface area (Å²) < 4.78 is 15.4. The monoisotopic (exact) mass is 714 g/mol. The number of Topliss-reactive ketones (excluding diaryl/α,β-unsaturated/α-hetero) is 1. The average molecular weight is 715 g/mol. The predicted molar refractivity (Wildman–Crippen MR) is 189 cm³/mol. The molecule has 5 N–H and O–H groups in total. The van der Waals surface area contributed by atoms with Crippen molar-refractivity contribution in [2.24, 2.45) is 11.8 Å². The number of hydrogen-bond acceptors (Lipinski definition) is 12. The van der Waals surface area contributed by atoms with Gasteiger partial charge in [-0.3, -0.25) is 25.1 Å². The van der Waals surface area contributed by atoms with Crippen LogP contribution >= 0.6 is 0 Å². The molecule has 0 radical (unpaired) electrons. The Labute approximate surface area is 300 Å². The molecule has 14 heteroatoms. The van der Waals surface area contributed by atoms with Gasteiger partial charge >= 0.3 is 18.0 Å². The second kappa shape index (κ2) is 18.0. The Balaban J connectivity index is 1.71. The van der Waals surface area contributed by atoms with Gasteiger partial charge in [0.05, 0.1) is 19.1 Å². The summed E-state index contributed by atoms with van der Waals surface area (Å²) in [5.74, 6) is -2.84. The summed E-state index contributed by atoms with van der Waals surface area (Å²) in [6.45, 7) is 7.88. The minimum absolute atomic E-state index is 0.0667. The molecule has 1 atom stereocenters. The van der Waals surface area contributed by atoms with Gasteiger partial charge in [0, 0.05) is 36.6 Å². The smallest absolute Gasteiger partial charge is 0.412 e. The van der Waals surface area contributed by atoms with Crippen LogP contribution in [0.5, 0.6) is 0 Å². The van der Waals surface area contributed by atoms with E-state index in [4.69, 9.17) is 24.7 Å². The molecule has 1 aliphatic rings. The minimum Gasteiger partial charge on any atom is -0.447 e. The van der Waals surface area contributed by atoms with E-state index in [0.717, 1.165) is 12.8 Å². The fraction of sp³-hybridized carbons (Fsp3) is 0.342. The minimum atomic E-state index is -1.30. The van der Waals surface area contributed by atoms with E-state index in [1.165, 1.54) is 25.1 Å². The zero-order valence-corrected chi connectivity index (χ0v) is 29.2. The van der Waals surface area contributed by atoms with Crippen LogP contribution < -0.4 is 10.6 Å². The van der Waals surface area contributed by atoms with Crippen LogP contribution in [0.2, 0.25) is 0 Å². The highest BCUT2D eigenvalue weighted by atomic mass is 16.7. The summed E-state index contributed by atoms with van der Waals surface area (Å²) in [5, 5.41) is 32.2. The summed E-state index contributed by atoms with van der Waals surface area (Å²) in [4.78, 5) is 69.0. The highest BCUT2D eigenvalue weighted by Crippen LogP contribution is 2.33. The number of esters is 2. The van der Waals surface area contributed by atoms with E-state index in [-0.39, 0.29) is 59.3 Å². The van der Waals surface area contributed by atoms with Gasteiger partial charge in [-0.2, -0.15) is 0 Å². The molecule has 14 nitrogen and oxygen atoms in total. The SMILES string of the molecule is C=Cc1cc(C(=O)Cc2ccc(C(=N)NC(=O)OCCO)cc2)c(-c2ccc(C(=O)NCC3CC3)nc2C(=O)OC(C)OC(=O)C(C)C)cc1CO. The molecule has 52 heavy (non-hydrogen) atoms. The molecule has 3 aromatic rings. The number of benzene rings is 2. The normalized spacial score (nSPS) is 12.7. The second-order valence-corrected chi connectivity index (χ2v) is 12.4. The number of amidine groups is 1. The molecule has 2 aromatic carbocycles. The third-order valence-electron chi connectivity index (χ3n) is 8.01. The lowest BCUT2D eigenvalue weighted by Crippen LogP contribution is -2.31. The number of pyridine rings is 1.